The van der Waals surface area contributed by atoms with Crippen molar-refractivity contribution in [1.29, 1.82) is 0 Å². The van der Waals surface area contributed by atoms with E-state index in [1.165, 1.54) is 25.3 Å². The van der Waals surface area contributed by atoms with Crippen molar-refractivity contribution in [3.05, 3.63) is 63.2 Å². The van der Waals surface area contributed by atoms with Crippen LogP contribution in [0.1, 0.15) is 21.5 Å². The molecule has 0 fully saturated rings. The van der Waals surface area contributed by atoms with Crippen LogP contribution in [0.4, 0.5) is 24.5 Å². The number of hydrogen-bond acceptors (Lipinski definition) is 5. The molecule has 0 aliphatic rings. The van der Waals surface area contributed by atoms with Crippen molar-refractivity contribution in [2.75, 3.05) is 12.4 Å². The van der Waals surface area contributed by atoms with Crippen molar-refractivity contribution < 1.29 is 27.6 Å². The number of hydrogen-bond donors (Lipinski definition) is 2. The Hall–Kier alpha value is -3.30. The minimum absolute atomic E-state index is 0.0502. The zero-order valence-corrected chi connectivity index (χ0v) is 13.5. The quantitative estimate of drug-likeness (QED) is 0.600. The van der Waals surface area contributed by atoms with Crippen molar-refractivity contribution in [3.63, 3.8) is 0 Å². The maximum absolute atomic E-state index is 13.2. The Balaban J connectivity index is 2.34. The van der Waals surface area contributed by atoms with Gasteiger partial charge in [-0.05, 0) is 23.8 Å². The molecule has 0 atom stereocenters. The Morgan fingerprint density at radius 1 is 1.27 bits per heavy atom. The average molecular weight is 369 g/mol. The molecular formula is C16H14F3N3O4. The molecule has 1 amide bonds. The van der Waals surface area contributed by atoms with Gasteiger partial charge in [-0.3, -0.25) is 14.9 Å². The molecule has 10 heteroatoms. The van der Waals surface area contributed by atoms with Crippen molar-refractivity contribution in [1.82, 2.24) is 0 Å². The van der Waals surface area contributed by atoms with Gasteiger partial charge in [-0.2, -0.15) is 13.2 Å². The van der Waals surface area contributed by atoms with Gasteiger partial charge in [0.1, 0.15) is 5.75 Å². The van der Waals surface area contributed by atoms with E-state index in [9.17, 15) is 28.1 Å². The number of benzene rings is 2. The van der Waals surface area contributed by atoms with Crippen LogP contribution in [0.15, 0.2) is 36.4 Å². The number of nitro groups is 1. The molecule has 0 saturated carbocycles. The van der Waals surface area contributed by atoms with Crippen LogP contribution >= 0.6 is 0 Å². The third-order valence-electron chi connectivity index (χ3n) is 3.57. The number of carbonyl (C=O) groups excluding carboxylic acids is 1. The normalized spacial score (nSPS) is 11.1. The van der Waals surface area contributed by atoms with Crippen LogP contribution in [0.2, 0.25) is 0 Å². The summed E-state index contributed by atoms with van der Waals surface area (Å²) in [4.78, 5) is 21.6. The molecule has 26 heavy (non-hydrogen) atoms. The van der Waals surface area contributed by atoms with E-state index < -0.39 is 22.6 Å². The predicted molar refractivity (Wildman–Crippen MR) is 86.9 cm³/mol. The number of rotatable bonds is 6. The first kappa shape index (κ1) is 19.0. The van der Waals surface area contributed by atoms with Gasteiger partial charge in [0.15, 0.2) is 0 Å². The van der Waals surface area contributed by atoms with Gasteiger partial charge in [0, 0.05) is 24.4 Å². The van der Waals surface area contributed by atoms with E-state index in [2.05, 4.69) is 5.32 Å². The minimum atomic E-state index is -4.60. The van der Waals surface area contributed by atoms with E-state index in [0.29, 0.717) is 0 Å². The van der Waals surface area contributed by atoms with Crippen LogP contribution in [0.25, 0.3) is 0 Å². The molecule has 138 valence electrons. The Morgan fingerprint density at radius 2 is 1.96 bits per heavy atom. The molecule has 0 unspecified atom stereocenters. The monoisotopic (exact) mass is 369 g/mol. The summed E-state index contributed by atoms with van der Waals surface area (Å²) >= 11 is 0. The van der Waals surface area contributed by atoms with E-state index in [4.69, 9.17) is 10.5 Å². The van der Waals surface area contributed by atoms with Gasteiger partial charge >= 0.3 is 6.18 Å². The molecule has 2 aromatic carbocycles. The number of primary amides is 1. The molecule has 0 heterocycles. The molecular weight excluding hydrogens is 355 g/mol. The minimum Gasteiger partial charge on any atom is -0.497 e. The fourth-order valence-corrected chi connectivity index (χ4v) is 2.29. The van der Waals surface area contributed by atoms with E-state index in [1.54, 1.807) is 0 Å². The molecule has 0 saturated heterocycles. The molecule has 2 rings (SSSR count). The number of methoxy groups -OCH3 is 1. The third-order valence-corrected chi connectivity index (χ3v) is 3.57. The van der Waals surface area contributed by atoms with Gasteiger partial charge in [-0.25, -0.2) is 0 Å². The van der Waals surface area contributed by atoms with Gasteiger partial charge in [0.05, 0.1) is 23.2 Å². The summed E-state index contributed by atoms with van der Waals surface area (Å²) in [6.07, 6.45) is -4.60. The van der Waals surface area contributed by atoms with E-state index in [1.807, 2.05) is 0 Å². The van der Waals surface area contributed by atoms with E-state index in [0.717, 1.165) is 18.2 Å². The van der Waals surface area contributed by atoms with Gasteiger partial charge in [-0.1, -0.05) is 6.07 Å². The highest BCUT2D eigenvalue weighted by molar-refractivity contribution is 5.99. The Morgan fingerprint density at radius 3 is 2.50 bits per heavy atom. The topological polar surface area (TPSA) is 107 Å². The second-order valence-corrected chi connectivity index (χ2v) is 5.23. The lowest BCUT2D eigenvalue weighted by Crippen LogP contribution is -2.16. The molecule has 2 aromatic rings. The summed E-state index contributed by atoms with van der Waals surface area (Å²) in [6, 6.07) is 6.77. The van der Waals surface area contributed by atoms with Crippen molar-refractivity contribution in [3.8, 4) is 5.75 Å². The second-order valence-electron chi connectivity index (χ2n) is 5.23. The van der Waals surface area contributed by atoms with Crippen LogP contribution < -0.4 is 15.8 Å². The standard InChI is InChI=1S/C16H14F3N3O4/c1-26-11-4-2-9(13(7-11)16(17,18)19)8-21-14-5-3-10(22(24)25)6-12(14)15(20)23/h2-7,21H,8H2,1H3,(H2,20,23). The summed E-state index contributed by atoms with van der Waals surface area (Å²) in [5.41, 5.74) is 3.74. The molecule has 0 spiro atoms. The number of alkyl halides is 3. The van der Waals surface area contributed by atoms with Gasteiger partial charge in [0.2, 0.25) is 0 Å². The maximum atomic E-state index is 13.2. The molecule has 0 radical (unpaired) electrons. The zero-order valence-electron chi connectivity index (χ0n) is 13.5. The highest BCUT2D eigenvalue weighted by atomic mass is 19.4. The summed E-state index contributed by atoms with van der Waals surface area (Å²) < 4.78 is 44.4. The molecule has 0 aromatic heterocycles. The van der Waals surface area contributed by atoms with E-state index >= 15 is 0 Å². The molecule has 0 aliphatic heterocycles. The first-order chi connectivity index (χ1) is 12.1. The summed E-state index contributed by atoms with van der Waals surface area (Å²) in [5.74, 6) is -0.892. The largest absolute Gasteiger partial charge is 0.497 e. The molecule has 0 bridgehead atoms. The van der Waals surface area contributed by atoms with E-state index in [-0.39, 0.29) is 34.8 Å². The Bertz CT molecular complexity index is 853. The number of nitro benzene ring substituents is 1. The Kier molecular flexibility index (Phi) is 5.34. The molecule has 0 aliphatic carbocycles. The maximum Gasteiger partial charge on any atom is 0.416 e. The number of amides is 1. The fraction of sp³-hybridized carbons (Fsp3) is 0.188. The lowest BCUT2D eigenvalue weighted by atomic mass is 10.1. The van der Waals surface area contributed by atoms with Crippen LogP contribution in [-0.4, -0.2) is 17.9 Å². The van der Waals surface area contributed by atoms with Crippen molar-refractivity contribution >= 4 is 17.3 Å². The predicted octanol–water partition coefficient (Wildman–Crippen LogP) is 3.33. The highest BCUT2D eigenvalue weighted by Crippen LogP contribution is 2.35. The number of anilines is 1. The third kappa shape index (κ3) is 4.21. The number of nitrogens with two attached hydrogens (primary N) is 1. The summed E-state index contributed by atoms with van der Waals surface area (Å²) in [5, 5.41) is 13.4. The number of nitrogens with zero attached hydrogens (tertiary/aromatic N) is 1. The van der Waals surface area contributed by atoms with Crippen molar-refractivity contribution in [2.45, 2.75) is 12.7 Å². The van der Waals surface area contributed by atoms with Gasteiger partial charge < -0.3 is 15.8 Å². The molecule has 7 nitrogen and oxygen atoms in total. The van der Waals surface area contributed by atoms with Crippen molar-refractivity contribution in [2.24, 2.45) is 5.73 Å². The first-order valence-corrected chi connectivity index (χ1v) is 7.19. The van der Waals surface area contributed by atoms with Gasteiger partial charge in [-0.15, -0.1) is 0 Å². The van der Waals surface area contributed by atoms with Crippen LogP contribution in [0.5, 0.6) is 5.75 Å². The lowest BCUT2D eigenvalue weighted by molar-refractivity contribution is -0.384. The number of ether oxygens (including phenoxy) is 1. The number of non-ortho nitro benzene ring substituents is 1. The highest BCUT2D eigenvalue weighted by Gasteiger charge is 2.33. The number of halogens is 3. The van der Waals surface area contributed by atoms with Crippen LogP contribution in [0.3, 0.4) is 0 Å². The summed E-state index contributed by atoms with van der Waals surface area (Å²) in [7, 11) is 1.25. The van der Waals surface area contributed by atoms with Crippen LogP contribution in [0, 0.1) is 10.1 Å². The smallest absolute Gasteiger partial charge is 0.416 e. The first-order valence-electron chi connectivity index (χ1n) is 7.19. The van der Waals surface area contributed by atoms with Gasteiger partial charge in [0.25, 0.3) is 11.6 Å². The SMILES string of the molecule is COc1ccc(CNc2ccc([N+](=O)[O-])cc2C(N)=O)c(C(F)(F)F)c1. The molecule has 3 N–H and O–H groups in total. The second kappa shape index (κ2) is 7.30. The fourth-order valence-electron chi connectivity index (χ4n) is 2.29. The zero-order chi connectivity index (χ0) is 19.5. The lowest BCUT2D eigenvalue weighted by Gasteiger charge is -2.16. The average Bonchev–Trinajstić information content (AvgIpc) is 2.58. The number of nitrogens with one attached hydrogen (secondary N) is 1. The summed E-state index contributed by atoms with van der Waals surface area (Å²) in [6.45, 7) is -0.281. The van der Waals surface area contributed by atoms with Crippen LogP contribution in [-0.2, 0) is 12.7 Å². The number of carbonyl (C=O) groups is 1. The Labute approximate surface area is 145 Å².